The fourth-order valence-corrected chi connectivity index (χ4v) is 1.47. The summed E-state index contributed by atoms with van der Waals surface area (Å²) in [7, 11) is 0. The summed E-state index contributed by atoms with van der Waals surface area (Å²) >= 11 is 11.6. The maximum absolute atomic E-state index is 5.79. The first-order chi connectivity index (χ1) is 5.77. The second kappa shape index (κ2) is 2.96. The number of hydrogen-bond acceptors (Lipinski definition) is 2. The van der Waals surface area contributed by atoms with Crippen molar-refractivity contribution in [2.45, 2.75) is 6.61 Å². The van der Waals surface area contributed by atoms with Crippen molar-refractivity contribution < 1.29 is 4.84 Å². The molecular weight excluding hydrogens is 197 g/mol. The van der Waals surface area contributed by atoms with Gasteiger partial charge in [-0.25, -0.2) is 0 Å². The SMILES string of the molecule is ClC1=NOCc2ccc(Cl)cc21. The maximum Gasteiger partial charge on any atom is 0.175 e. The van der Waals surface area contributed by atoms with Crippen LogP contribution in [0.25, 0.3) is 0 Å². The Morgan fingerprint density at radius 3 is 3.00 bits per heavy atom. The molecule has 0 unspecified atom stereocenters. The highest BCUT2D eigenvalue weighted by Crippen LogP contribution is 2.22. The third-order valence-electron chi connectivity index (χ3n) is 1.66. The van der Waals surface area contributed by atoms with Crippen LogP contribution in [-0.2, 0) is 11.4 Å². The second-order valence-electron chi connectivity index (χ2n) is 2.46. The molecule has 0 bridgehead atoms. The van der Waals surface area contributed by atoms with Crippen molar-refractivity contribution in [3.63, 3.8) is 0 Å². The summed E-state index contributed by atoms with van der Waals surface area (Å²) < 4.78 is 0. The Labute approximate surface area is 79.7 Å². The predicted molar refractivity (Wildman–Crippen MR) is 48.6 cm³/mol. The molecule has 0 aromatic heterocycles. The smallest absolute Gasteiger partial charge is 0.175 e. The van der Waals surface area contributed by atoms with Crippen LogP contribution in [0.2, 0.25) is 5.02 Å². The van der Waals surface area contributed by atoms with E-state index in [1.165, 1.54) is 0 Å². The zero-order chi connectivity index (χ0) is 8.55. The lowest BCUT2D eigenvalue weighted by Crippen LogP contribution is -2.05. The molecule has 1 aromatic carbocycles. The van der Waals surface area contributed by atoms with Crippen molar-refractivity contribution in [1.29, 1.82) is 0 Å². The Kier molecular flexibility index (Phi) is 1.95. The first kappa shape index (κ1) is 7.90. The van der Waals surface area contributed by atoms with Gasteiger partial charge >= 0.3 is 0 Å². The summed E-state index contributed by atoms with van der Waals surface area (Å²) in [4.78, 5) is 4.86. The zero-order valence-electron chi connectivity index (χ0n) is 6.05. The molecule has 1 aliphatic heterocycles. The van der Waals surface area contributed by atoms with Crippen molar-refractivity contribution in [3.8, 4) is 0 Å². The Morgan fingerprint density at radius 2 is 2.17 bits per heavy atom. The van der Waals surface area contributed by atoms with E-state index in [0.29, 0.717) is 16.8 Å². The van der Waals surface area contributed by atoms with Gasteiger partial charge in [0.1, 0.15) is 6.61 Å². The van der Waals surface area contributed by atoms with Gasteiger partial charge in [0.2, 0.25) is 0 Å². The fraction of sp³-hybridized carbons (Fsp3) is 0.125. The molecule has 0 amide bonds. The van der Waals surface area contributed by atoms with E-state index in [-0.39, 0.29) is 0 Å². The Hall–Kier alpha value is -0.730. The summed E-state index contributed by atoms with van der Waals surface area (Å²) in [6.45, 7) is 0.461. The number of rotatable bonds is 0. The first-order valence-electron chi connectivity index (χ1n) is 3.41. The lowest BCUT2D eigenvalue weighted by atomic mass is 10.1. The van der Waals surface area contributed by atoms with Gasteiger partial charge in [0, 0.05) is 16.1 Å². The largest absolute Gasteiger partial charge is 0.390 e. The standard InChI is InChI=1S/C8H5Cl2NO/c9-6-2-1-5-4-12-11-8(10)7(5)3-6/h1-3H,4H2. The van der Waals surface area contributed by atoms with Gasteiger partial charge < -0.3 is 4.84 Å². The molecule has 1 aliphatic rings. The molecule has 1 heterocycles. The van der Waals surface area contributed by atoms with Crippen LogP contribution >= 0.6 is 23.2 Å². The molecule has 0 saturated carbocycles. The van der Waals surface area contributed by atoms with Crippen molar-refractivity contribution in [2.24, 2.45) is 5.16 Å². The minimum Gasteiger partial charge on any atom is -0.390 e. The molecule has 2 nitrogen and oxygen atoms in total. The summed E-state index contributed by atoms with van der Waals surface area (Å²) in [6, 6.07) is 5.47. The van der Waals surface area contributed by atoms with Crippen LogP contribution in [0.15, 0.2) is 23.4 Å². The summed E-state index contributed by atoms with van der Waals surface area (Å²) in [5, 5.41) is 4.65. The molecule has 1 aromatic rings. The molecule has 0 radical (unpaired) electrons. The molecule has 12 heavy (non-hydrogen) atoms. The normalized spacial score (nSPS) is 14.7. The van der Waals surface area contributed by atoms with Crippen molar-refractivity contribution in [3.05, 3.63) is 34.3 Å². The molecule has 4 heteroatoms. The number of fused-ring (bicyclic) bond motifs is 1. The summed E-state index contributed by atoms with van der Waals surface area (Å²) in [5.74, 6) is 0. The third-order valence-corrected chi connectivity index (χ3v) is 2.17. The molecule has 2 rings (SSSR count). The van der Waals surface area contributed by atoms with Crippen LogP contribution in [-0.4, -0.2) is 5.17 Å². The quantitative estimate of drug-likeness (QED) is 0.633. The Bertz CT molecular complexity index is 349. The van der Waals surface area contributed by atoms with E-state index in [1.807, 2.05) is 6.07 Å². The van der Waals surface area contributed by atoms with E-state index in [0.717, 1.165) is 11.1 Å². The highest BCUT2D eigenvalue weighted by Gasteiger charge is 2.13. The van der Waals surface area contributed by atoms with E-state index in [2.05, 4.69) is 5.16 Å². The van der Waals surface area contributed by atoms with Crippen LogP contribution in [0, 0.1) is 0 Å². The highest BCUT2D eigenvalue weighted by atomic mass is 35.5. The lowest BCUT2D eigenvalue weighted by molar-refractivity contribution is 0.127. The monoisotopic (exact) mass is 201 g/mol. The minimum atomic E-state index is 0.360. The third kappa shape index (κ3) is 1.28. The molecular formula is C8H5Cl2NO. The van der Waals surface area contributed by atoms with E-state index in [9.17, 15) is 0 Å². The number of halogens is 2. The summed E-state index contributed by atoms with van der Waals surface area (Å²) in [6.07, 6.45) is 0. The molecule has 62 valence electrons. The van der Waals surface area contributed by atoms with Crippen LogP contribution < -0.4 is 0 Å². The number of nitrogens with zero attached hydrogens (tertiary/aromatic N) is 1. The summed E-state index contributed by atoms with van der Waals surface area (Å²) in [5.41, 5.74) is 1.87. The zero-order valence-corrected chi connectivity index (χ0v) is 7.56. The topological polar surface area (TPSA) is 21.6 Å². The molecule has 0 atom stereocenters. The van der Waals surface area contributed by atoms with E-state index in [1.54, 1.807) is 12.1 Å². The Balaban J connectivity index is 2.58. The number of hydrogen-bond donors (Lipinski definition) is 0. The van der Waals surface area contributed by atoms with Crippen LogP contribution in [0.1, 0.15) is 11.1 Å². The molecule has 0 saturated heterocycles. The number of oxime groups is 1. The molecule has 0 spiro atoms. The average molecular weight is 202 g/mol. The van der Waals surface area contributed by atoms with E-state index in [4.69, 9.17) is 28.0 Å². The van der Waals surface area contributed by atoms with Gasteiger partial charge in [0.15, 0.2) is 5.17 Å². The van der Waals surface area contributed by atoms with Crippen molar-refractivity contribution in [2.75, 3.05) is 0 Å². The second-order valence-corrected chi connectivity index (χ2v) is 3.25. The van der Waals surface area contributed by atoms with Gasteiger partial charge in [-0.2, -0.15) is 0 Å². The van der Waals surface area contributed by atoms with Gasteiger partial charge in [-0.3, -0.25) is 0 Å². The molecule has 0 N–H and O–H groups in total. The van der Waals surface area contributed by atoms with Crippen LogP contribution in [0.5, 0.6) is 0 Å². The van der Waals surface area contributed by atoms with E-state index < -0.39 is 0 Å². The Morgan fingerprint density at radius 1 is 1.33 bits per heavy atom. The number of benzene rings is 1. The highest BCUT2D eigenvalue weighted by molar-refractivity contribution is 6.69. The average Bonchev–Trinajstić information content (AvgIpc) is 2.07. The van der Waals surface area contributed by atoms with Gasteiger partial charge in [-0.15, -0.1) is 0 Å². The van der Waals surface area contributed by atoms with Gasteiger partial charge in [0.05, 0.1) is 0 Å². The van der Waals surface area contributed by atoms with Crippen molar-refractivity contribution in [1.82, 2.24) is 0 Å². The minimum absolute atomic E-state index is 0.360. The van der Waals surface area contributed by atoms with Gasteiger partial charge in [-0.1, -0.05) is 34.4 Å². The maximum atomic E-state index is 5.79. The van der Waals surface area contributed by atoms with Crippen molar-refractivity contribution >= 4 is 28.4 Å². The first-order valence-corrected chi connectivity index (χ1v) is 4.17. The fourth-order valence-electron chi connectivity index (χ4n) is 1.07. The van der Waals surface area contributed by atoms with E-state index >= 15 is 0 Å². The van der Waals surface area contributed by atoms with Gasteiger partial charge in [-0.05, 0) is 12.1 Å². The molecule has 0 aliphatic carbocycles. The lowest BCUT2D eigenvalue weighted by Gasteiger charge is -2.12. The van der Waals surface area contributed by atoms with Crippen LogP contribution in [0.4, 0.5) is 0 Å². The van der Waals surface area contributed by atoms with Gasteiger partial charge in [0.25, 0.3) is 0 Å². The van der Waals surface area contributed by atoms with Crippen LogP contribution in [0.3, 0.4) is 0 Å². The predicted octanol–water partition coefficient (Wildman–Crippen LogP) is 2.77. The molecule has 0 fully saturated rings.